The molecule has 0 aliphatic carbocycles. The van der Waals surface area contributed by atoms with Crippen LogP contribution in [0, 0.1) is 5.41 Å². The fourth-order valence-electron chi connectivity index (χ4n) is 2.03. The van der Waals surface area contributed by atoms with Gasteiger partial charge in [0.15, 0.2) is 0 Å². The topological polar surface area (TPSA) is 41.6 Å². The number of carbonyl (C=O) groups is 1. The van der Waals surface area contributed by atoms with Crippen molar-refractivity contribution in [1.29, 1.82) is 0 Å². The number of nitrogens with one attached hydrogen (secondary N) is 1. The average Bonchev–Trinajstić information content (AvgIpc) is 2.57. The Bertz CT molecular complexity index is 241. The molecule has 1 rings (SSSR count). The highest BCUT2D eigenvalue weighted by molar-refractivity contribution is 5.83. The monoisotopic (exact) mass is 228 g/mol. The largest absolute Gasteiger partial charge is 0.385 e. The van der Waals surface area contributed by atoms with E-state index in [9.17, 15) is 4.79 Å². The van der Waals surface area contributed by atoms with Crippen LogP contribution >= 0.6 is 0 Å². The molecule has 0 aromatic rings. The van der Waals surface area contributed by atoms with Crippen molar-refractivity contribution < 1.29 is 9.53 Å². The Morgan fingerprint density at radius 3 is 2.75 bits per heavy atom. The Hall–Kier alpha value is -0.610. The average molecular weight is 228 g/mol. The van der Waals surface area contributed by atoms with Crippen molar-refractivity contribution >= 4 is 5.91 Å². The molecule has 0 spiro atoms. The van der Waals surface area contributed by atoms with Crippen molar-refractivity contribution in [2.45, 2.75) is 39.7 Å². The van der Waals surface area contributed by atoms with Gasteiger partial charge in [-0.15, -0.1) is 0 Å². The molecule has 1 unspecified atom stereocenters. The molecule has 94 valence electrons. The first-order chi connectivity index (χ1) is 7.50. The molecule has 0 saturated carbocycles. The predicted octanol–water partition coefficient (Wildman–Crippen LogP) is 1.22. The maximum absolute atomic E-state index is 11.9. The number of methoxy groups -OCH3 is 1. The molecule has 1 aliphatic rings. The summed E-state index contributed by atoms with van der Waals surface area (Å²) in [6.07, 6.45) is 1.85. The lowest BCUT2D eigenvalue weighted by molar-refractivity contribution is -0.130. The van der Waals surface area contributed by atoms with Crippen LogP contribution in [0.3, 0.4) is 0 Å². The molecule has 4 heteroatoms. The van der Waals surface area contributed by atoms with Gasteiger partial charge >= 0.3 is 0 Å². The van der Waals surface area contributed by atoms with Crippen LogP contribution in [-0.2, 0) is 9.53 Å². The Balaban J connectivity index is 2.45. The number of nitrogens with zero attached hydrogens (tertiary/aromatic N) is 1. The third-order valence-electron chi connectivity index (χ3n) is 3.15. The summed E-state index contributed by atoms with van der Waals surface area (Å²) in [5.74, 6) is 0.244. The molecule has 0 aromatic carbocycles. The number of hydrogen-bond donors (Lipinski definition) is 1. The summed E-state index contributed by atoms with van der Waals surface area (Å²) >= 11 is 0. The van der Waals surface area contributed by atoms with Gasteiger partial charge in [-0.05, 0) is 18.3 Å². The lowest BCUT2D eigenvalue weighted by Gasteiger charge is -2.29. The minimum absolute atomic E-state index is 0.0261. The molecule has 0 bridgehead atoms. The van der Waals surface area contributed by atoms with Crippen LogP contribution in [0.25, 0.3) is 0 Å². The second kappa shape index (κ2) is 5.64. The summed E-state index contributed by atoms with van der Waals surface area (Å²) in [7, 11) is 1.71. The molecule has 1 atom stereocenters. The van der Waals surface area contributed by atoms with Gasteiger partial charge in [0.1, 0.15) is 0 Å². The molecule has 1 amide bonds. The zero-order valence-electron chi connectivity index (χ0n) is 10.9. The molecule has 1 N–H and O–H groups in total. The molecule has 1 saturated heterocycles. The first kappa shape index (κ1) is 13.5. The lowest BCUT2D eigenvalue weighted by atomic mass is 9.89. The number of rotatable bonds is 6. The predicted molar refractivity (Wildman–Crippen MR) is 64.1 cm³/mol. The zero-order valence-corrected chi connectivity index (χ0v) is 10.9. The smallest absolute Gasteiger partial charge is 0.240 e. The van der Waals surface area contributed by atoms with Gasteiger partial charge in [-0.3, -0.25) is 10.1 Å². The second-order valence-corrected chi connectivity index (χ2v) is 5.27. The second-order valence-electron chi connectivity index (χ2n) is 5.27. The molecule has 0 aromatic heterocycles. The number of ether oxygens (including phenoxy) is 1. The summed E-state index contributed by atoms with van der Waals surface area (Å²) in [5, 5.41) is 3.23. The molecule has 4 nitrogen and oxygen atoms in total. The van der Waals surface area contributed by atoms with E-state index >= 15 is 0 Å². The third-order valence-corrected chi connectivity index (χ3v) is 3.15. The van der Waals surface area contributed by atoms with Crippen LogP contribution in [0.1, 0.15) is 33.6 Å². The van der Waals surface area contributed by atoms with Crippen LogP contribution in [0.2, 0.25) is 0 Å². The number of hydrogen-bond acceptors (Lipinski definition) is 3. The van der Waals surface area contributed by atoms with E-state index in [1.54, 1.807) is 7.11 Å². The first-order valence-corrected chi connectivity index (χ1v) is 6.01. The van der Waals surface area contributed by atoms with Gasteiger partial charge in [0.05, 0.1) is 12.7 Å². The van der Waals surface area contributed by atoms with E-state index in [-0.39, 0.29) is 17.4 Å². The van der Waals surface area contributed by atoms with E-state index in [2.05, 4.69) is 19.2 Å². The maximum Gasteiger partial charge on any atom is 0.240 e. The quantitative estimate of drug-likeness (QED) is 0.743. The Kier molecular flexibility index (Phi) is 4.74. The van der Waals surface area contributed by atoms with Gasteiger partial charge in [-0.25, -0.2) is 0 Å². The van der Waals surface area contributed by atoms with Gasteiger partial charge < -0.3 is 9.64 Å². The summed E-state index contributed by atoms with van der Waals surface area (Å²) in [5.41, 5.74) is 0.121. The normalized spacial score (nSPS) is 21.9. The fraction of sp³-hybridized carbons (Fsp3) is 0.917. The fourth-order valence-corrected chi connectivity index (χ4v) is 2.03. The third kappa shape index (κ3) is 3.46. The van der Waals surface area contributed by atoms with E-state index in [0.717, 1.165) is 26.0 Å². The molecular formula is C12H24N2O2. The van der Waals surface area contributed by atoms with Crippen molar-refractivity contribution in [3.8, 4) is 0 Å². The molecular weight excluding hydrogens is 204 g/mol. The van der Waals surface area contributed by atoms with Crippen LogP contribution in [0.5, 0.6) is 0 Å². The van der Waals surface area contributed by atoms with E-state index < -0.39 is 0 Å². The van der Waals surface area contributed by atoms with Crippen molar-refractivity contribution in [2.24, 2.45) is 5.41 Å². The van der Waals surface area contributed by atoms with Gasteiger partial charge in [-0.2, -0.15) is 0 Å². The molecule has 16 heavy (non-hydrogen) atoms. The lowest BCUT2D eigenvalue weighted by Crippen LogP contribution is -2.37. The molecule has 0 radical (unpaired) electrons. The zero-order chi connectivity index (χ0) is 12.2. The first-order valence-electron chi connectivity index (χ1n) is 6.01. The Morgan fingerprint density at radius 1 is 1.56 bits per heavy atom. The van der Waals surface area contributed by atoms with Crippen molar-refractivity contribution in [1.82, 2.24) is 10.2 Å². The van der Waals surface area contributed by atoms with E-state index in [1.165, 1.54) is 0 Å². The van der Waals surface area contributed by atoms with Gasteiger partial charge in [0.25, 0.3) is 0 Å². The van der Waals surface area contributed by atoms with Crippen molar-refractivity contribution in [2.75, 3.05) is 26.9 Å². The highest BCUT2D eigenvalue weighted by atomic mass is 16.5. The SMILES string of the molecule is CCC1NCN(CC(C)(C)CCOC)C1=O. The minimum atomic E-state index is 0.0261. The summed E-state index contributed by atoms with van der Waals surface area (Å²) < 4.78 is 5.09. The van der Waals surface area contributed by atoms with Crippen LogP contribution < -0.4 is 5.32 Å². The Labute approximate surface area is 98.3 Å². The van der Waals surface area contributed by atoms with Crippen LogP contribution in [0.15, 0.2) is 0 Å². The van der Waals surface area contributed by atoms with Crippen LogP contribution in [-0.4, -0.2) is 43.8 Å². The van der Waals surface area contributed by atoms with Gasteiger partial charge in [0, 0.05) is 20.3 Å². The summed E-state index contributed by atoms with van der Waals surface area (Å²) in [6.45, 7) is 8.64. The Morgan fingerprint density at radius 2 is 2.25 bits per heavy atom. The van der Waals surface area contributed by atoms with E-state index in [0.29, 0.717) is 6.67 Å². The maximum atomic E-state index is 11.9. The van der Waals surface area contributed by atoms with Crippen molar-refractivity contribution in [3.63, 3.8) is 0 Å². The highest BCUT2D eigenvalue weighted by Crippen LogP contribution is 2.23. The summed E-state index contributed by atoms with van der Waals surface area (Å²) in [6, 6.07) is 0.0261. The van der Waals surface area contributed by atoms with Gasteiger partial charge in [-0.1, -0.05) is 20.8 Å². The molecule has 1 fully saturated rings. The number of carbonyl (C=O) groups excluding carboxylic acids is 1. The molecule has 1 heterocycles. The highest BCUT2D eigenvalue weighted by Gasteiger charge is 2.33. The van der Waals surface area contributed by atoms with Gasteiger partial charge in [0.2, 0.25) is 5.91 Å². The minimum Gasteiger partial charge on any atom is -0.385 e. The molecule has 1 aliphatic heterocycles. The van der Waals surface area contributed by atoms with Crippen LogP contribution in [0.4, 0.5) is 0 Å². The van der Waals surface area contributed by atoms with E-state index in [4.69, 9.17) is 4.74 Å². The van der Waals surface area contributed by atoms with Crippen molar-refractivity contribution in [3.05, 3.63) is 0 Å². The standard InChI is InChI=1S/C12H24N2O2/c1-5-10-11(15)14(9-13-10)8-12(2,3)6-7-16-4/h10,13H,5-9H2,1-4H3. The van der Waals surface area contributed by atoms with E-state index in [1.807, 2.05) is 11.8 Å². The number of amides is 1. The summed E-state index contributed by atoms with van der Waals surface area (Å²) in [4.78, 5) is 13.8.